The summed E-state index contributed by atoms with van der Waals surface area (Å²) in [6.45, 7) is 3.32. The van der Waals surface area contributed by atoms with Gasteiger partial charge in [0.05, 0.1) is 12.7 Å². The molecule has 0 fully saturated rings. The first-order valence-corrected chi connectivity index (χ1v) is 5.53. The van der Waals surface area contributed by atoms with E-state index in [4.69, 9.17) is 15.3 Å². The predicted molar refractivity (Wildman–Crippen MR) is 51.5 cm³/mol. The Labute approximate surface area is 76.7 Å². The van der Waals surface area contributed by atoms with Crippen molar-refractivity contribution < 1.29 is 19.5 Å². The molecule has 0 aliphatic heterocycles. The van der Waals surface area contributed by atoms with Crippen molar-refractivity contribution >= 4 is 10.8 Å². The second kappa shape index (κ2) is 17.2. The van der Waals surface area contributed by atoms with E-state index in [1.807, 2.05) is 0 Å². The summed E-state index contributed by atoms with van der Waals surface area (Å²) in [6.07, 6.45) is 2.72. The molecule has 0 heterocycles. The lowest BCUT2D eigenvalue weighted by Gasteiger charge is -1.90. The van der Waals surface area contributed by atoms with Crippen molar-refractivity contribution in [2.45, 2.75) is 20.0 Å². The van der Waals surface area contributed by atoms with Crippen LogP contribution in [0.2, 0.25) is 0 Å². The molecule has 0 amide bonds. The topological polar surface area (TPSA) is 77.8 Å². The van der Waals surface area contributed by atoms with Crippen LogP contribution in [0.5, 0.6) is 0 Å². The maximum Gasteiger partial charge on any atom is 0.0742 e. The van der Waals surface area contributed by atoms with Crippen molar-refractivity contribution in [2.75, 3.05) is 25.7 Å². The molecule has 1 atom stereocenters. The zero-order valence-corrected chi connectivity index (χ0v) is 8.97. The van der Waals surface area contributed by atoms with Gasteiger partial charge in [-0.05, 0) is 13.8 Å². The van der Waals surface area contributed by atoms with Crippen molar-refractivity contribution in [3.8, 4) is 0 Å². The van der Waals surface area contributed by atoms with Crippen molar-refractivity contribution in [3.63, 3.8) is 0 Å². The molecule has 5 heteroatoms. The molecule has 0 saturated heterocycles. The van der Waals surface area contributed by atoms with E-state index in [1.54, 1.807) is 19.4 Å². The molecule has 1 unspecified atom stereocenters. The lowest BCUT2D eigenvalue weighted by molar-refractivity contribution is 0.110. The number of hydrogen-bond acceptors (Lipinski definition) is 4. The molecule has 0 aromatic rings. The first-order valence-electron chi connectivity index (χ1n) is 3.57. The van der Waals surface area contributed by atoms with Crippen LogP contribution < -0.4 is 0 Å². The van der Waals surface area contributed by atoms with Crippen LogP contribution in [0.3, 0.4) is 0 Å². The fraction of sp³-hybridized carbons (Fsp3) is 1.00. The van der Waals surface area contributed by atoms with Crippen molar-refractivity contribution in [1.29, 1.82) is 0 Å². The largest absolute Gasteiger partial charge is 0.397 e. The first kappa shape index (κ1) is 17.9. The maximum atomic E-state index is 9.56. The molecule has 3 N–H and O–H groups in total. The highest BCUT2D eigenvalue weighted by Crippen LogP contribution is 1.68. The average Bonchev–Trinajstić information content (AvgIpc) is 1.88. The van der Waals surface area contributed by atoms with Gasteiger partial charge in [0.25, 0.3) is 0 Å². The molecule has 0 aromatic heterocycles. The van der Waals surface area contributed by atoms with Gasteiger partial charge in [-0.2, -0.15) is 0 Å². The fourth-order valence-corrected chi connectivity index (χ4v) is 0. The van der Waals surface area contributed by atoms with Gasteiger partial charge in [-0.1, -0.05) is 0 Å². The Morgan fingerprint density at radius 1 is 1.33 bits per heavy atom. The van der Waals surface area contributed by atoms with Gasteiger partial charge in [-0.25, -0.2) is 0 Å². The summed E-state index contributed by atoms with van der Waals surface area (Å²) in [5, 5.41) is 23.6. The highest BCUT2D eigenvalue weighted by Gasteiger charge is 1.83. The lowest BCUT2D eigenvalue weighted by atomic mass is 10.5. The summed E-state index contributed by atoms with van der Waals surface area (Å²) >= 11 is 0. The lowest BCUT2D eigenvalue weighted by Crippen LogP contribution is -2.03. The van der Waals surface area contributed by atoms with Crippen molar-refractivity contribution in [1.82, 2.24) is 0 Å². The van der Waals surface area contributed by atoms with Gasteiger partial charge in [-0.15, -0.1) is 0 Å². The van der Waals surface area contributed by atoms with Crippen molar-refractivity contribution in [3.05, 3.63) is 0 Å². The highest BCUT2D eigenvalue weighted by atomic mass is 32.2. The van der Waals surface area contributed by atoms with Crippen LogP contribution in [-0.4, -0.2) is 51.4 Å². The average molecular weight is 200 g/mol. The summed E-state index contributed by atoms with van der Waals surface area (Å²) in [6, 6.07) is 0. The van der Waals surface area contributed by atoms with E-state index in [9.17, 15) is 4.21 Å². The Balaban J connectivity index is -0.000000105. The quantitative estimate of drug-likeness (QED) is 0.526. The van der Waals surface area contributed by atoms with Crippen LogP contribution in [0.15, 0.2) is 0 Å². The normalized spacial score (nSPS) is 10.7. The molecule has 78 valence electrons. The van der Waals surface area contributed by atoms with E-state index in [-0.39, 0.29) is 13.2 Å². The predicted octanol–water partition coefficient (Wildman–Crippen LogP) is -0.647. The van der Waals surface area contributed by atoms with Gasteiger partial charge in [0.2, 0.25) is 0 Å². The molecular weight excluding hydrogens is 180 g/mol. The van der Waals surface area contributed by atoms with Crippen LogP contribution in [0.4, 0.5) is 0 Å². The molecule has 0 radical (unpaired) electrons. The van der Waals surface area contributed by atoms with Crippen LogP contribution >= 0.6 is 0 Å². The van der Waals surface area contributed by atoms with E-state index < -0.39 is 16.9 Å². The number of hydrogen-bond donors (Lipinski definition) is 3. The van der Waals surface area contributed by atoms with Crippen LogP contribution in [0.1, 0.15) is 13.8 Å². The van der Waals surface area contributed by atoms with Gasteiger partial charge in [0.1, 0.15) is 0 Å². The molecule has 0 bridgehead atoms. The summed E-state index contributed by atoms with van der Waals surface area (Å²) in [7, 11) is -0.611. The van der Waals surface area contributed by atoms with Crippen LogP contribution in [-0.2, 0) is 10.8 Å². The second-order valence-electron chi connectivity index (χ2n) is 2.09. The molecule has 0 rings (SSSR count). The first-order chi connectivity index (χ1) is 5.42. The Morgan fingerprint density at radius 2 is 1.42 bits per heavy atom. The fourth-order valence-electron chi connectivity index (χ4n) is 0. The number of aliphatic hydroxyl groups excluding tert-OH is 3. The summed E-state index contributed by atoms with van der Waals surface area (Å²) < 4.78 is 9.56. The number of aliphatic hydroxyl groups is 3. The monoisotopic (exact) mass is 200 g/mol. The maximum absolute atomic E-state index is 9.56. The van der Waals surface area contributed by atoms with Crippen molar-refractivity contribution in [2.24, 2.45) is 0 Å². The Morgan fingerprint density at radius 3 is 1.42 bits per heavy atom. The molecule has 12 heavy (non-hydrogen) atoms. The molecule has 4 nitrogen and oxygen atoms in total. The molecular formula is C7H20O4S. The molecule has 0 saturated carbocycles. The molecule has 0 aliphatic carbocycles. The molecule has 0 aliphatic rings. The molecule has 0 aromatic carbocycles. The van der Waals surface area contributed by atoms with Gasteiger partial charge in [0.15, 0.2) is 0 Å². The second-order valence-corrected chi connectivity index (χ2v) is 3.57. The van der Waals surface area contributed by atoms with E-state index in [1.165, 1.54) is 6.92 Å². The van der Waals surface area contributed by atoms with Gasteiger partial charge in [-0.3, -0.25) is 4.21 Å². The number of rotatable bonds is 1. The van der Waals surface area contributed by atoms with E-state index in [2.05, 4.69) is 0 Å². The molecule has 0 spiro atoms. The van der Waals surface area contributed by atoms with Crippen LogP contribution in [0, 0.1) is 0 Å². The smallest absolute Gasteiger partial charge is 0.0742 e. The Bertz CT molecular complexity index is 81.5. The summed E-state index contributed by atoms with van der Waals surface area (Å²) in [5.74, 6) is 0. The third-order valence-electron chi connectivity index (χ3n) is 0.264. The SMILES string of the molecule is CC(O)CO.CCO.CS(C)=O. The van der Waals surface area contributed by atoms with Crippen LogP contribution in [0.25, 0.3) is 0 Å². The van der Waals surface area contributed by atoms with E-state index in [0.29, 0.717) is 0 Å². The zero-order valence-electron chi connectivity index (χ0n) is 8.15. The summed E-state index contributed by atoms with van der Waals surface area (Å²) in [4.78, 5) is 0. The third-order valence-corrected chi connectivity index (χ3v) is 0.264. The van der Waals surface area contributed by atoms with Gasteiger partial charge < -0.3 is 15.3 Å². The minimum absolute atomic E-state index is 0.139. The standard InChI is InChI=1S/C3H8O2.C2H6OS.C2H6O/c1-3(5)2-4;1-4(2)3;1-2-3/h3-5H,2H2,1H3;1-2H3;3H,2H2,1H3. The zero-order chi connectivity index (χ0) is 10.6. The Hall–Kier alpha value is 0.0300. The minimum atomic E-state index is -0.611. The van der Waals surface area contributed by atoms with E-state index >= 15 is 0 Å². The van der Waals surface area contributed by atoms with Gasteiger partial charge >= 0.3 is 0 Å². The van der Waals surface area contributed by atoms with Gasteiger partial charge in [0, 0.05) is 29.9 Å². The third kappa shape index (κ3) is 198. The highest BCUT2D eigenvalue weighted by molar-refractivity contribution is 7.83. The summed E-state index contributed by atoms with van der Waals surface area (Å²) in [5.41, 5.74) is 0. The Kier molecular flexibility index (Phi) is 25.7. The minimum Gasteiger partial charge on any atom is -0.397 e. The van der Waals surface area contributed by atoms with E-state index in [0.717, 1.165) is 0 Å².